The molecule has 1 atom stereocenters. The van der Waals surface area contributed by atoms with Crippen molar-refractivity contribution in [2.45, 2.75) is 19.9 Å². The van der Waals surface area contributed by atoms with Crippen LogP contribution in [-0.4, -0.2) is 31.4 Å². The molecule has 1 rings (SSSR count). The van der Waals surface area contributed by atoms with Crippen molar-refractivity contribution in [3.8, 4) is 0 Å². The molecule has 0 bridgehead atoms. The molecule has 94 valence electrons. The minimum absolute atomic E-state index is 0.103. The van der Waals surface area contributed by atoms with E-state index in [1.54, 1.807) is 19.0 Å². The van der Waals surface area contributed by atoms with Crippen LogP contribution >= 0.6 is 0 Å². The van der Waals surface area contributed by atoms with E-state index in [0.29, 0.717) is 12.5 Å². The van der Waals surface area contributed by atoms with E-state index in [1.807, 2.05) is 18.2 Å². The fraction of sp³-hybridized carbons (Fsp3) is 0.500. The van der Waals surface area contributed by atoms with Crippen LogP contribution in [0.3, 0.4) is 0 Å². The van der Waals surface area contributed by atoms with Crippen LogP contribution in [0.4, 0.5) is 0 Å². The zero-order valence-electron chi connectivity index (χ0n) is 11.1. The van der Waals surface area contributed by atoms with Gasteiger partial charge in [-0.15, -0.1) is 0 Å². The topological polar surface area (TPSA) is 32.3 Å². The number of carbonyl (C=O) groups excluding carboxylic acids is 1. The van der Waals surface area contributed by atoms with Gasteiger partial charge < -0.3 is 10.2 Å². The Morgan fingerprint density at radius 3 is 2.29 bits per heavy atom. The van der Waals surface area contributed by atoms with Gasteiger partial charge in [0, 0.05) is 20.1 Å². The zero-order valence-corrected chi connectivity index (χ0v) is 11.1. The van der Waals surface area contributed by atoms with E-state index in [9.17, 15) is 4.79 Å². The Morgan fingerprint density at radius 1 is 1.24 bits per heavy atom. The van der Waals surface area contributed by atoms with Crippen molar-refractivity contribution in [1.82, 2.24) is 10.2 Å². The fourth-order valence-corrected chi connectivity index (χ4v) is 1.75. The SMILES string of the molecule is CC(C)C(NCC(=O)N(C)C)c1ccccc1. The van der Waals surface area contributed by atoms with Crippen LogP contribution in [0.25, 0.3) is 0 Å². The third kappa shape index (κ3) is 4.19. The van der Waals surface area contributed by atoms with Crippen LogP contribution in [-0.2, 0) is 4.79 Å². The quantitative estimate of drug-likeness (QED) is 0.846. The minimum Gasteiger partial charge on any atom is -0.348 e. The van der Waals surface area contributed by atoms with E-state index >= 15 is 0 Å². The number of amides is 1. The van der Waals surface area contributed by atoms with Gasteiger partial charge in [-0.1, -0.05) is 44.2 Å². The molecule has 1 N–H and O–H groups in total. The second-order valence-electron chi connectivity index (χ2n) is 4.80. The molecule has 1 aromatic carbocycles. The summed E-state index contributed by atoms with van der Waals surface area (Å²) in [5, 5.41) is 3.33. The highest BCUT2D eigenvalue weighted by Gasteiger charge is 2.16. The molecule has 17 heavy (non-hydrogen) atoms. The number of nitrogens with one attached hydrogen (secondary N) is 1. The first kappa shape index (κ1) is 13.7. The maximum absolute atomic E-state index is 11.6. The lowest BCUT2D eigenvalue weighted by Crippen LogP contribution is -2.36. The minimum atomic E-state index is 0.103. The number of benzene rings is 1. The summed E-state index contributed by atoms with van der Waals surface area (Å²) < 4.78 is 0. The van der Waals surface area contributed by atoms with Gasteiger partial charge in [0.25, 0.3) is 0 Å². The maximum atomic E-state index is 11.6. The first-order chi connectivity index (χ1) is 8.02. The summed E-state index contributed by atoms with van der Waals surface area (Å²) in [6, 6.07) is 10.5. The van der Waals surface area contributed by atoms with Gasteiger partial charge in [0.05, 0.1) is 6.54 Å². The highest BCUT2D eigenvalue weighted by molar-refractivity contribution is 5.77. The standard InChI is InChI=1S/C14H22N2O/c1-11(2)14(12-8-6-5-7-9-12)15-10-13(17)16(3)4/h5-9,11,14-15H,10H2,1-4H3. The lowest BCUT2D eigenvalue weighted by molar-refractivity contribution is -0.127. The number of likely N-dealkylation sites (N-methyl/N-ethyl adjacent to an activating group) is 1. The number of hydrogen-bond donors (Lipinski definition) is 1. The van der Waals surface area contributed by atoms with E-state index in [0.717, 1.165) is 0 Å². The smallest absolute Gasteiger partial charge is 0.236 e. The van der Waals surface area contributed by atoms with E-state index in [-0.39, 0.29) is 11.9 Å². The van der Waals surface area contributed by atoms with Crippen LogP contribution < -0.4 is 5.32 Å². The molecule has 0 radical (unpaired) electrons. The molecule has 0 saturated heterocycles. The molecule has 0 heterocycles. The summed E-state index contributed by atoms with van der Waals surface area (Å²) in [5.74, 6) is 0.555. The van der Waals surface area contributed by atoms with Crippen molar-refractivity contribution in [2.75, 3.05) is 20.6 Å². The number of carbonyl (C=O) groups is 1. The van der Waals surface area contributed by atoms with Crippen LogP contribution in [0.1, 0.15) is 25.5 Å². The van der Waals surface area contributed by atoms with Crippen molar-refractivity contribution in [3.05, 3.63) is 35.9 Å². The molecule has 0 saturated carbocycles. The second kappa shape index (κ2) is 6.40. The normalized spacial score (nSPS) is 12.5. The summed E-state index contributed by atoms with van der Waals surface area (Å²) in [7, 11) is 3.55. The van der Waals surface area contributed by atoms with Crippen LogP contribution in [0.15, 0.2) is 30.3 Å². The highest BCUT2D eigenvalue weighted by Crippen LogP contribution is 2.20. The van der Waals surface area contributed by atoms with Crippen molar-refractivity contribution < 1.29 is 4.79 Å². The van der Waals surface area contributed by atoms with Gasteiger partial charge in [0.1, 0.15) is 0 Å². The van der Waals surface area contributed by atoms with Gasteiger partial charge in [-0.05, 0) is 11.5 Å². The highest BCUT2D eigenvalue weighted by atomic mass is 16.2. The molecule has 1 amide bonds. The molecule has 0 fully saturated rings. The van der Waals surface area contributed by atoms with Crippen LogP contribution in [0.2, 0.25) is 0 Å². The average molecular weight is 234 g/mol. The predicted molar refractivity (Wildman–Crippen MR) is 70.7 cm³/mol. The Kier molecular flexibility index (Phi) is 5.16. The Balaban J connectivity index is 2.66. The third-order valence-corrected chi connectivity index (χ3v) is 2.80. The molecule has 3 nitrogen and oxygen atoms in total. The summed E-state index contributed by atoms with van der Waals surface area (Å²) in [5.41, 5.74) is 1.23. The predicted octanol–water partition coefficient (Wildman–Crippen LogP) is 2.06. The molecule has 1 aromatic rings. The molecule has 1 unspecified atom stereocenters. The van der Waals surface area contributed by atoms with Gasteiger partial charge in [0.2, 0.25) is 5.91 Å². The van der Waals surface area contributed by atoms with Crippen molar-refractivity contribution in [2.24, 2.45) is 5.92 Å². The van der Waals surface area contributed by atoms with Gasteiger partial charge in [0.15, 0.2) is 0 Å². The monoisotopic (exact) mass is 234 g/mol. The molecule has 0 aliphatic heterocycles. The maximum Gasteiger partial charge on any atom is 0.236 e. The first-order valence-corrected chi connectivity index (χ1v) is 6.01. The van der Waals surface area contributed by atoms with Gasteiger partial charge >= 0.3 is 0 Å². The molecule has 3 heteroatoms. The van der Waals surface area contributed by atoms with Gasteiger partial charge in [-0.25, -0.2) is 0 Å². The fourth-order valence-electron chi connectivity index (χ4n) is 1.75. The summed E-state index contributed by atoms with van der Waals surface area (Å²) in [6.07, 6.45) is 0. The lowest BCUT2D eigenvalue weighted by Gasteiger charge is -2.23. The summed E-state index contributed by atoms with van der Waals surface area (Å²) in [6.45, 7) is 4.69. The second-order valence-corrected chi connectivity index (χ2v) is 4.80. The largest absolute Gasteiger partial charge is 0.348 e. The Morgan fingerprint density at radius 2 is 1.82 bits per heavy atom. The molecule has 0 aliphatic carbocycles. The lowest BCUT2D eigenvalue weighted by atomic mass is 9.96. The van der Waals surface area contributed by atoms with Crippen LogP contribution in [0, 0.1) is 5.92 Å². The number of nitrogens with zero attached hydrogens (tertiary/aromatic N) is 1. The van der Waals surface area contributed by atoms with E-state index in [1.165, 1.54) is 5.56 Å². The first-order valence-electron chi connectivity index (χ1n) is 6.01. The van der Waals surface area contributed by atoms with Gasteiger partial charge in [-0.3, -0.25) is 4.79 Å². The summed E-state index contributed by atoms with van der Waals surface area (Å²) >= 11 is 0. The Bertz CT molecular complexity index is 346. The van der Waals surface area contributed by atoms with E-state index in [2.05, 4.69) is 31.3 Å². The molecule has 0 spiro atoms. The number of hydrogen-bond acceptors (Lipinski definition) is 2. The third-order valence-electron chi connectivity index (χ3n) is 2.80. The number of rotatable bonds is 5. The van der Waals surface area contributed by atoms with E-state index < -0.39 is 0 Å². The summed E-state index contributed by atoms with van der Waals surface area (Å²) in [4.78, 5) is 13.2. The molecular formula is C14H22N2O. The molecule has 0 aliphatic rings. The van der Waals surface area contributed by atoms with E-state index in [4.69, 9.17) is 0 Å². The average Bonchev–Trinajstić information content (AvgIpc) is 2.29. The molecular weight excluding hydrogens is 212 g/mol. The zero-order chi connectivity index (χ0) is 12.8. The van der Waals surface area contributed by atoms with Crippen LogP contribution in [0.5, 0.6) is 0 Å². The molecule has 0 aromatic heterocycles. The van der Waals surface area contributed by atoms with Crippen molar-refractivity contribution >= 4 is 5.91 Å². The Labute approximate surface area is 104 Å². The van der Waals surface area contributed by atoms with Crippen molar-refractivity contribution in [3.63, 3.8) is 0 Å². The Hall–Kier alpha value is -1.35. The van der Waals surface area contributed by atoms with Gasteiger partial charge in [-0.2, -0.15) is 0 Å². The van der Waals surface area contributed by atoms with Crippen molar-refractivity contribution in [1.29, 1.82) is 0 Å².